The minimum Gasteiger partial charge on any atom is -0.323 e. The Bertz CT molecular complexity index is 894. The summed E-state index contributed by atoms with van der Waals surface area (Å²) < 4.78 is 0. The molecule has 0 heterocycles. The summed E-state index contributed by atoms with van der Waals surface area (Å²) in [5, 5.41) is 4.11. The number of rotatable bonds is 4. The summed E-state index contributed by atoms with van der Waals surface area (Å²) in [6.45, 7) is 0. The van der Waals surface area contributed by atoms with E-state index in [1.807, 2.05) is 48.5 Å². The molecule has 0 fully saturated rings. The number of nitrogens with two attached hydrogens (primary N) is 1. The van der Waals surface area contributed by atoms with Crippen molar-refractivity contribution in [2.24, 2.45) is 10.9 Å². The van der Waals surface area contributed by atoms with E-state index in [1.165, 1.54) is 0 Å². The number of halogens is 1. The molecule has 0 aliphatic rings. The Morgan fingerprint density at radius 3 is 1.77 bits per heavy atom. The first-order valence-electron chi connectivity index (χ1n) is 7.80. The standard InChI is InChI=1S/C14H12N2O.C7H5ClO/c15-16-13(11-7-3-1-4-8-11)14(17)12-9-5-2-6-10-12;8-7-4-2-1-3-6(7)5-9/h1-10H,15H2;1-5H. The number of carbonyl (C=O) groups excluding carboxylic acids is 2. The maximum Gasteiger partial charge on any atom is 0.213 e. The molecule has 0 aliphatic heterocycles. The van der Waals surface area contributed by atoms with Crippen LogP contribution < -0.4 is 5.84 Å². The highest BCUT2D eigenvalue weighted by molar-refractivity contribution is 6.51. The number of hydrazone groups is 1. The van der Waals surface area contributed by atoms with Crippen LogP contribution in [-0.4, -0.2) is 17.8 Å². The van der Waals surface area contributed by atoms with Gasteiger partial charge in [0.05, 0.1) is 5.02 Å². The van der Waals surface area contributed by atoms with Crippen molar-refractivity contribution < 1.29 is 9.59 Å². The molecule has 0 unspecified atom stereocenters. The molecule has 26 heavy (non-hydrogen) atoms. The van der Waals surface area contributed by atoms with Gasteiger partial charge in [0.1, 0.15) is 5.71 Å². The Balaban J connectivity index is 0.000000228. The van der Waals surface area contributed by atoms with Crippen LogP contribution in [0.1, 0.15) is 26.3 Å². The first-order valence-corrected chi connectivity index (χ1v) is 8.18. The van der Waals surface area contributed by atoms with Crippen LogP contribution >= 0.6 is 11.6 Å². The molecular weight excluding hydrogens is 348 g/mol. The lowest BCUT2D eigenvalue weighted by molar-refractivity contribution is 0.106. The molecular formula is C21H17ClN2O2. The SMILES string of the molecule is NN=C(C(=O)c1ccccc1)c1ccccc1.O=Cc1ccccc1Cl. The topological polar surface area (TPSA) is 72.5 Å². The van der Waals surface area contributed by atoms with E-state index in [9.17, 15) is 9.59 Å². The smallest absolute Gasteiger partial charge is 0.213 e. The van der Waals surface area contributed by atoms with Gasteiger partial charge >= 0.3 is 0 Å². The Labute approximate surface area is 156 Å². The maximum atomic E-state index is 12.2. The molecule has 130 valence electrons. The lowest BCUT2D eigenvalue weighted by atomic mass is 10.0. The Hall–Kier alpha value is -3.24. The fourth-order valence-electron chi connectivity index (χ4n) is 2.16. The van der Waals surface area contributed by atoms with Crippen molar-refractivity contribution in [2.45, 2.75) is 0 Å². The average molecular weight is 365 g/mol. The molecule has 0 bridgehead atoms. The van der Waals surface area contributed by atoms with E-state index in [4.69, 9.17) is 17.4 Å². The molecule has 3 aromatic carbocycles. The minimum atomic E-state index is -0.167. The van der Waals surface area contributed by atoms with Crippen molar-refractivity contribution in [2.75, 3.05) is 0 Å². The predicted molar refractivity (Wildman–Crippen MR) is 105 cm³/mol. The molecule has 0 atom stereocenters. The molecule has 0 amide bonds. The van der Waals surface area contributed by atoms with E-state index in [0.29, 0.717) is 16.1 Å². The minimum absolute atomic E-state index is 0.167. The van der Waals surface area contributed by atoms with Gasteiger partial charge in [0, 0.05) is 16.7 Å². The number of aldehydes is 1. The van der Waals surface area contributed by atoms with Crippen molar-refractivity contribution in [3.05, 3.63) is 107 Å². The lowest BCUT2D eigenvalue weighted by Crippen LogP contribution is -2.17. The van der Waals surface area contributed by atoms with Gasteiger partial charge < -0.3 is 5.84 Å². The summed E-state index contributed by atoms with van der Waals surface area (Å²) in [6, 6.07) is 25.1. The van der Waals surface area contributed by atoms with E-state index in [1.54, 1.807) is 36.4 Å². The van der Waals surface area contributed by atoms with Gasteiger partial charge in [-0.05, 0) is 6.07 Å². The number of carbonyl (C=O) groups is 2. The second-order valence-corrected chi connectivity index (χ2v) is 5.59. The average Bonchev–Trinajstić information content (AvgIpc) is 2.71. The molecule has 0 aliphatic carbocycles. The van der Waals surface area contributed by atoms with Gasteiger partial charge in [0.15, 0.2) is 6.29 Å². The monoisotopic (exact) mass is 364 g/mol. The number of ketones is 1. The van der Waals surface area contributed by atoms with Crippen LogP contribution in [0.25, 0.3) is 0 Å². The third-order valence-electron chi connectivity index (χ3n) is 3.46. The first kappa shape index (κ1) is 19.1. The van der Waals surface area contributed by atoms with Gasteiger partial charge in [-0.1, -0.05) is 90.5 Å². The van der Waals surface area contributed by atoms with Crippen molar-refractivity contribution in [1.29, 1.82) is 0 Å². The van der Waals surface area contributed by atoms with Crippen LogP contribution in [0.3, 0.4) is 0 Å². The van der Waals surface area contributed by atoms with Crippen LogP contribution in [0.15, 0.2) is 90.0 Å². The number of Topliss-reactive ketones (excluding diaryl/α,β-unsaturated/α-hetero) is 1. The molecule has 0 aromatic heterocycles. The zero-order valence-corrected chi connectivity index (χ0v) is 14.6. The molecule has 2 N–H and O–H groups in total. The highest BCUT2D eigenvalue weighted by Gasteiger charge is 2.15. The molecule has 4 nitrogen and oxygen atoms in total. The third-order valence-corrected chi connectivity index (χ3v) is 3.80. The lowest BCUT2D eigenvalue weighted by Gasteiger charge is -2.04. The Kier molecular flexibility index (Phi) is 7.28. The van der Waals surface area contributed by atoms with E-state index >= 15 is 0 Å². The molecule has 0 spiro atoms. The fourth-order valence-corrected chi connectivity index (χ4v) is 2.34. The van der Waals surface area contributed by atoms with Gasteiger partial charge in [0.2, 0.25) is 5.78 Å². The molecule has 0 saturated carbocycles. The summed E-state index contributed by atoms with van der Waals surface area (Å²) in [7, 11) is 0. The molecule has 0 saturated heterocycles. The van der Waals surface area contributed by atoms with E-state index in [0.717, 1.165) is 11.8 Å². The number of hydrogen-bond donors (Lipinski definition) is 1. The van der Waals surface area contributed by atoms with Crippen LogP contribution in [0.5, 0.6) is 0 Å². The van der Waals surface area contributed by atoms with Gasteiger partial charge in [-0.2, -0.15) is 5.10 Å². The highest BCUT2D eigenvalue weighted by Crippen LogP contribution is 2.11. The third kappa shape index (κ3) is 5.13. The van der Waals surface area contributed by atoms with Crippen molar-refractivity contribution in [3.63, 3.8) is 0 Å². The first-order chi connectivity index (χ1) is 12.7. The van der Waals surface area contributed by atoms with Crippen LogP contribution in [0.2, 0.25) is 5.02 Å². The van der Waals surface area contributed by atoms with Crippen molar-refractivity contribution in [3.8, 4) is 0 Å². The predicted octanol–water partition coefficient (Wildman–Crippen LogP) is 4.38. The van der Waals surface area contributed by atoms with Crippen molar-refractivity contribution >= 4 is 29.4 Å². The Morgan fingerprint density at radius 2 is 1.31 bits per heavy atom. The van der Waals surface area contributed by atoms with Gasteiger partial charge in [-0.25, -0.2) is 0 Å². The normalized spacial score (nSPS) is 10.4. The van der Waals surface area contributed by atoms with E-state index < -0.39 is 0 Å². The number of nitrogens with zero attached hydrogens (tertiary/aromatic N) is 1. The number of hydrogen-bond acceptors (Lipinski definition) is 4. The Morgan fingerprint density at radius 1 is 0.808 bits per heavy atom. The summed E-state index contributed by atoms with van der Waals surface area (Å²) >= 11 is 5.59. The summed E-state index contributed by atoms with van der Waals surface area (Å²) in [4.78, 5) is 22.3. The maximum absolute atomic E-state index is 12.2. The molecule has 3 aromatic rings. The zero-order chi connectivity index (χ0) is 18.8. The van der Waals surface area contributed by atoms with Gasteiger partial charge in [-0.15, -0.1) is 0 Å². The summed E-state index contributed by atoms with van der Waals surface area (Å²) in [6.07, 6.45) is 0.738. The summed E-state index contributed by atoms with van der Waals surface area (Å²) in [5.41, 5.74) is 2.13. The highest BCUT2D eigenvalue weighted by atomic mass is 35.5. The van der Waals surface area contributed by atoms with Gasteiger partial charge in [-0.3, -0.25) is 9.59 Å². The molecule has 3 rings (SSSR count). The van der Waals surface area contributed by atoms with Crippen LogP contribution in [0.4, 0.5) is 0 Å². The van der Waals surface area contributed by atoms with Gasteiger partial charge in [0.25, 0.3) is 0 Å². The molecule has 5 heteroatoms. The zero-order valence-electron chi connectivity index (χ0n) is 13.9. The fraction of sp³-hybridized carbons (Fsp3) is 0. The largest absolute Gasteiger partial charge is 0.323 e. The quantitative estimate of drug-likeness (QED) is 0.245. The van der Waals surface area contributed by atoms with Crippen LogP contribution in [0, 0.1) is 0 Å². The van der Waals surface area contributed by atoms with Crippen molar-refractivity contribution in [1.82, 2.24) is 0 Å². The van der Waals surface area contributed by atoms with E-state index in [-0.39, 0.29) is 11.5 Å². The number of benzene rings is 3. The second-order valence-electron chi connectivity index (χ2n) is 5.18. The molecule has 0 radical (unpaired) electrons. The van der Waals surface area contributed by atoms with Crippen LogP contribution in [-0.2, 0) is 0 Å². The summed E-state index contributed by atoms with van der Waals surface area (Å²) in [5.74, 6) is 5.14. The second kappa shape index (κ2) is 9.91. The van der Waals surface area contributed by atoms with E-state index in [2.05, 4.69) is 5.10 Å².